The van der Waals surface area contributed by atoms with E-state index in [1.165, 1.54) is 23.2 Å². The summed E-state index contributed by atoms with van der Waals surface area (Å²) in [5, 5.41) is 3.21. The number of nitrogens with zero attached hydrogens (tertiary/aromatic N) is 2. The number of anilines is 1. The maximum absolute atomic E-state index is 4.39. The van der Waals surface area contributed by atoms with E-state index in [9.17, 15) is 0 Å². The summed E-state index contributed by atoms with van der Waals surface area (Å²) in [5.41, 5.74) is 5.20. The molecule has 3 nitrogen and oxygen atoms in total. The van der Waals surface area contributed by atoms with Gasteiger partial charge in [-0.05, 0) is 33.4 Å². The maximum Gasteiger partial charge on any atom is 0.0448 e. The highest BCUT2D eigenvalue weighted by Gasteiger charge is 2.14. The predicted molar refractivity (Wildman–Crippen MR) is 72.3 cm³/mol. The third kappa shape index (κ3) is 2.86. The Morgan fingerprint density at radius 1 is 1.41 bits per heavy atom. The topological polar surface area (TPSA) is 28.2 Å². The van der Waals surface area contributed by atoms with E-state index in [2.05, 4.69) is 41.2 Å². The molecule has 1 aliphatic rings. The fourth-order valence-electron chi connectivity index (χ4n) is 2.18. The molecule has 1 aromatic rings. The van der Waals surface area contributed by atoms with Gasteiger partial charge in [0.05, 0.1) is 0 Å². The van der Waals surface area contributed by atoms with E-state index in [0.717, 1.165) is 25.3 Å². The van der Waals surface area contributed by atoms with E-state index < -0.39 is 0 Å². The molecule has 92 valence electrons. The van der Waals surface area contributed by atoms with Crippen molar-refractivity contribution in [1.82, 2.24) is 10.3 Å². The second-order valence-corrected chi connectivity index (χ2v) is 4.73. The van der Waals surface area contributed by atoms with Crippen molar-refractivity contribution in [2.75, 3.05) is 25.0 Å². The van der Waals surface area contributed by atoms with Crippen LogP contribution >= 0.6 is 0 Å². The lowest BCUT2D eigenvalue weighted by Crippen LogP contribution is -2.29. The van der Waals surface area contributed by atoms with Gasteiger partial charge < -0.3 is 10.2 Å². The first-order chi connectivity index (χ1) is 8.20. The Morgan fingerprint density at radius 3 is 2.88 bits per heavy atom. The quantitative estimate of drug-likeness (QED) is 0.809. The second-order valence-electron chi connectivity index (χ2n) is 4.73. The maximum atomic E-state index is 4.39. The van der Waals surface area contributed by atoms with Gasteiger partial charge in [-0.15, -0.1) is 0 Å². The first-order valence-corrected chi connectivity index (χ1v) is 6.21. The molecule has 1 aromatic heterocycles. The standard InChI is InChI=1S/C14H21N3/c1-11-4-6-17(7-5-11)14-8-12(2)16-10-13(14)9-15-3/h4,8,10,15H,5-7,9H2,1-3H3. The van der Waals surface area contributed by atoms with E-state index in [0.29, 0.717) is 0 Å². The van der Waals surface area contributed by atoms with Gasteiger partial charge in [-0.3, -0.25) is 4.98 Å². The zero-order valence-electron chi connectivity index (χ0n) is 11.0. The molecule has 0 saturated carbocycles. The highest BCUT2D eigenvalue weighted by molar-refractivity contribution is 5.55. The van der Waals surface area contributed by atoms with Crippen LogP contribution in [0.3, 0.4) is 0 Å². The summed E-state index contributed by atoms with van der Waals surface area (Å²) in [7, 11) is 1.98. The zero-order valence-corrected chi connectivity index (χ0v) is 11.0. The monoisotopic (exact) mass is 231 g/mol. The Labute approximate surface area is 104 Å². The lowest BCUT2D eigenvalue weighted by atomic mass is 10.1. The molecule has 3 heteroatoms. The molecule has 0 amide bonds. The highest BCUT2D eigenvalue weighted by atomic mass is 15.1. The summed E-state index contributed by atoms with van der Waals surface area (Å²) in [5.74, 6) is 0. The fraction of sp³-hybridized carbons (Fsp3) is 0.500. The van der Waals surface area contributed by atoms with E-state index in [-0.39, 0.29) is 0 Å². The minimum Gasteiger partial charge on any atom is -0.367 e. The first-order valence-electron chi connectivity index (χ1n) is 6.21. The molecule has 0 aliphatic carbocycles. The third-order valence-electron chi connectivity index (χ3n) is 3.24. The van der Waals surface area contributed by atoms with Crippen molar-refractivity contribution in [1.29, 1.82) is 0 Å². The normalized spacial score (nSPS) is 15.9. The molecular weight excluding hydrogens is 210 g/mol. The van der Waals surface area contributed by atoms with Crippen molar-refractivity contribution in [3.8, 4) is 0 Å². The lowest BCUT2D eigenvalue weighted by Gasteiger charge is -2.29. The highest BCUT2D eigenvalue weighted by Crippen LogP contribution is 2.24. The Balaban J connectivity index is 2.26. The molecule has 0 saturated heterocycles. The molecule has 17 heavy (non-hydrogen) atoms. The SMILES string of the molecule is CNCc1cnc(C)cc1N1CC=C(C)CC1. The Kier molecular flexibility index (Phi) is 3.79. The molecule has 0 spiro atoms. The van der Waals surface area contributed by atoms with E-state index in [1.54, 1.807) is 0 Å². The van der Waals surface area contributed by atoms with Crippen LogP contribution in [0.5, 0.6) is 0 Å². The average Bonchev–Trinajstić information content (AvgIpc) is 2.33. The van der Waals surface area contributed by atoms with Crippen molar-refractivity contribution in [3.63, 3.8) is 0 Å². The van der Waals surface area contributed by atoms with Gasteiger partial charge >= 0.3 is 0 Å². The van der Waals surface area contributed by atoms with Crippen molar-refractivity contribution >= 4 is 5.69 Å². The van der Waals surface area contributed by atoms with E-state index in [4.69, 9.17) is 0 Å². The molecule has 0 fully saturated rings. The molecular formula is C14H21N3. The summed E-state index contributed by atoms with van der Waals surface area (Å²) in [6.45, 7) is 7.28. The number of rotatable bonds is 3. The van der Waals surface area contributed by atoms with Crippen LogP contribution in [-0.4, -0.2) is 25.1 Å². The first kappa shape index (κ1) is 12.1. The number of aromatic nitrogens is 1. The van der Waals surface area contributed by atoms with Crippen LogP contribution in [0.4, 0.5) is 5.69 Å². The van der Waals surface area contributed by atoms with Crippen molar-refractivity contribution < 1.29 is 0 Å². The van der Waals surface area contributed by atoms with Crippen LogP contribution in [0.2, 0.25) is 0 Å². The largest absolute Gasteiger partial charge is 0.367 e. The summed E-state index contributed by atoms with van der Waals surface area (Å²) < 4.78 is 0. The number of pyridine rings is 1. The average molecular weight is 231 g/mol. The van der Waals surface area contributed by atoms with Crippen molar-refractivity contribution in [2.24, 2.45) is 0 Å². The molecule has 1 aliphatic heterocycles. The van der Waals surface area contributed by atoms with E-state index in [1.807, 2.05) is 13.2 Å². The molecule has 2 rings (SSSR count). The second kappa shape index (κ2) is 5.32. The van der Waals surface area contributed by atoms with Crippen LogP contribution < -0.4 is 10.2 Å². The Morgan fingerprint density at radius 2 is 2.24 bits per heavy atom. The number of aryl methyl sites for hydroxylation is 1. The van der Waals surface area contributed by atoms with Crippen molar-refractivity contribution in [3.05, 3.63) is 35.2 Å². The van der Waals surface area contributed by atoms with Crippen molar-refractivity contribution in [2.45, 2.75) is 26.8 Å². The van der Waals surface area contributed by atoms with Gasteiger partial charge in [-0.1, -0.05) is 11.6 Å². The van der Waals surface area contributed by atoms with Crippen LogP contribution in [0.15, 0.2) is 23.9 Å². The number of hydrogen-bond acceptors (Lipinski definition) is 3. The fourth-order valence-corrected chi connectivity index (χ4v) is 2.18. The van der Waals surface area contributed by atoms with Gasteiger partial charge in [0.1, 0.15) is 0 Å². The molecule has 0 aromatic carbocycles. The van der Waals surface area contributed by atoms with Gasteiger partial charge in [-0.2, -0.15) is 0 Å². The van der Waals surface area contributed by atoms with Crippen LogP contribution in [0.25, 0.3) is 0 Å². The van der Waals surface area contributed by atoms with Gasteiger partial charge in [0.25, 0.3) is 0 Å². The van der Waals surface area contributed by atoms with Crippen LogP contribution in [0.1, 0.15) is 24.6 Å². The summed E-state index contributed by atoms with van der Waals surface area (Å²) in [6, 6.07) is 2.20. The molecule has 2 heterocycles. The van der Waals surface area contributed by atoms with E-state index >= 15 is 0 Å². The minimum absolute atomic E-state index is 0.877. The number of nitrogens with one attached hydrogen (secondary N) is 1. The molecule has 0 unspecified atom stereocenters. The van der Waals surface area contributed by atoms with Gasteiger partial charge in [0, 0.05) is 42.8 Å². The van der Waals surface area contributed by atoms with Crippen LogP contribution in [-0.2, 0) is 6.54 Å². The minimum atomic E-state index is 0.877. The Hall–Kier alpha value is -1.35. The van der Waals surface area contributed by atoms with Gasteiger partial charge in [0.15, 0.2) is 0 Å². The predicted octanol–water partition coefficient (Wildman–Crippen LogP) is 2.27. The smallest absolute Gasteiger partial charge is 0.0448 e. The summed E-state index contributed by atoms with van der Waals surface area (Å²) in [6.07, 6.45) is 5.48. The molecule has 1 N–H and O–H groups in total. The van der Waals surface area contributed by atoms with Gasteiger partial charge in [-0.25, -0.2) is 0 Å². The Bertz CT molecular complexity index is 423. The molecule has 0 radical (unpaired) electrons. The molecule has 0 bridgehead atoms. The third-order valence-corrected chi connectivity index (χ3v) is 3.24. The summed E-state index contributed by atoms with van der Waals surface area (Å²) in [4.78, 5) is 6.82. The lowest BCUT2D eigenvalue weighted by molar-refractivity contribution is 0.760. The molecule has 0 atom stereocenters. The summed E-state index contributed by atoms with van der Waals surface area (Å²) >= 11 is 0. The number of hydrogen-bond donors (Lipinski definition) is 1. The van der Waals surface area contributed by atoms with Gasteiger partial charge in [0.2, 0.25) is 0 Å². The zero-order chi connectivity index (χ0) is 12.3. The van der Waals surface area contributed by atoms with Crippen LogP contribution in [0, 0.1) is 6.92 Å².